The number of H-pyrrole nitrogens is 1. The third-order valence-corrected chi connectivity index (χ3v) is 9.61. The Morgan fingerprint density at radius 2 is 1.89 bits per heavy atom. The molecule has 144 valence electrons. The van der Waals surface area contributed by atoms with Crippen molar-refractivity contribution in [3.63, 3.8) is 0 Å². The maximum Gasteiger partial charge on any atom is 0.317 e. The second-order valence-corrected chi connectivity index (χ2v) is 10.5. The Morgan fingerprint density at radius 1 is 1.14 bits per heavy atom. The fraction of sp³-hybridized carbons (Fsp3) is 0.421. The van der Waals surface area contributed by atoms with E-state index >= 15 is 0 Å². The van der Waals surface area contributed by atoms with Crippen molar-refractivity contribution in [2.45, 2.75) is 22.6 Å². The van der Waals surface area contributed by atoms with Crippen LogP contribution in [-0.4, -0.2) is 27.3 Å². The summed E-state index contributed by atoms with van der Waals surface area (Å²) in [5.74, 6) is -1.71. The van der Waals surface area contributed by atoms with E-state index in [2.05, 4.69) is 4.98 Å². The molecule has 0 unspecified atom stereocenters. The van der Waals surface area contributed by atoms with E-state index in [9.17, 15) is 19.5 Å². The zero-order chi connectivity index (χ0) is 19.3. The maximum absolute atomic E-state index is 12.4. The number of aromatic hydroxyl groups is 1. The van der Waals surface area contributed by atoms with Crippen LogP contribution in [0.1, 0.15) is 22.8 Å². The number of phenols is 1. The maximum atomic E-state index is 12.4. The number of aromatic nitrogens is 1. The van der Waals surface area contributed by atoms with E-state index in [1.807, 2.05) is 0 Å². The number of thioether (sulfide) groups is 1. The van der Waals surface area contributed by atoms with Gasteiger partial charge in [-0.1, -0.05) is 22.9 Å². The second-order valence-electron chi connectivity index (χ2n) is 7.90. The molecule has 2 aliphatic heterocycles. The number of phenolic OH excluding ortho intramolecular Hbond substituents is 1. The Morgan fingerprint density at radius 3 is 2.68 bits per heavy atom. The first-order valence-electron chi connectivity index (χ1n) is 9.07. The summed E-state index contributed by atoms with van der Waals surface area (Å²) in [5.41, 5.74) is 0.668. The number of hydrogen-bond donors (Lipinski definition) is 2. The van der Waals surface area contributed by atoms with Crippen LogP contribution in [-0.2, 0) is 14.3 Å². The lowest BCUT2D eigenvalue weighted by molar-refractivity contribution is -0.154. The van der Waals surface area contributed by atoms with Gasteiger partial charge in [0.25, 0.3) is 0 Å². The number of carbonyl (C=O) groups is 2. The standard InChI is InChI=1S/C19H14ClNO5S2/c20-5-1-2-9(22)6(3-5)10-11-7-4-8(13-12(7)17(23)26-18(13)24)14(11)27-16-15(10)28-19(25)21-16/h1-3,7-8,10-14,22H,4H2,(H,21,25)/t7-,8+,10-,11+,12+,13+,14+/m0/s1. The average molecular weight is 436 g/mol. The van der Waals surface area contributed by atoms with Crippen molar-refractivity contribution in [1.82, 2.24) is 4.98 Å². The Kier molecular flexibility index (Phi) is 3.45. The van der Waals surface area contributed by atoms with Crippen LogP contribution in [0.2, 0.25) is 5.02 Å². The molecule has 0 radical (unpaired) electrons. The van der Waals surface area contributed by atoms with Crippen molar-refractivity contribution in [3.05, 3.63) is 43.3 Å². The summed E-state index contributed by atoms with van der Waals surface area (Å²) >= 11 is 8.96. The van der Waals surface area contributed by atoms with Crippen molar-refractivity contribution >= 4 is 46.6 Å². The highest BCUT2D eigenvalue weighted by atomic mass is 35.5. The molecule has 0 amide bonds. The number of esters is 2. The Bertz CT molecular complexity index is 1110. The van der Waals surface area contributed by atoms with Gasteiger partial charge in [0.15, 0.2) is 0 Å². The zero-order valence-corrected chi connectivity index (χ0v) is 16.6. The van der Waals surface area contributed by atoms with Gasteiger partial charge in [-0.05, 0) is 42.4 Å². The molecule has 6 rings (SSSR count). The van der Waals surface area contributed by atoms with Gasteiger partial charge in [0.05, 0.1) is 16.9 Å². The summed E-state index contributed by atoms with van der Waals surface area (Å²) in [5, 5.41) is 12.0. The highest BCUT2D eigenvalue weighted by Crippen LogP contribution is 2.68. The van der Waals surface area contributed by atoms with Crippen LogP contribution in [0.3, 0.4) is 0 Å². The lowest BCUT2D eigenvalue weighted by Crippen LogP contribution is -2.42. The summed E-state index contributed by atoms with van der Waals surface area (Å²) in [6.45, 7) is 0. The minimum absolute atomic E-state index is 0.0137. The predicted molar refractivity (Wildman–Crippen MR) is 103 cm³/mol. The second kappa shape index (κ2) is 5.64. The quantitative estimate of drug-likeness (QED) is 0.528. The van der Waals surface area contributed by atoms with Crippen LogP contribution in [0, 0.1) is 29.6 Å². The smallest absolute Gasteiger partial charge is 0.317 e. The van der Waals surface area contributed by atoms with Crippen LogP contribution in [0.5, 0.6) is 5.75 Å². The SMILES string of the molecule is O=C1OC(=O)[C@@H]2[C@H]3C[C@H]([C@@H]12)[C@@H]1[C@H](c2cc(Cl)ccc2O)c2sc(=O)[nH]c2S[C@H]31. The number of hydrogen-bond acceptors (Lipinski definition) is 7. The Labute approximate surface area is 172 Å². The fourth-order valence-electron chi connectivity index (χ4n) is 5.94. The largest absolute Gasteiger partial charge is 0.508 e. The molecule has 1 saturated heterocycles. The minimum atomic E-state index is -0.423. The van der Waals surface area contributed by atoms with Crippen molar-refractivity contribution in [1.29, 1.82) is 0 Å². The summed E-state index contributed by atoms with van der Waals surface area (Å²) in [6, 6.07) is 4.93. The van der Waals surface area contributed by atoms with Gasteiger partial charge in [0.2, 0.25) is 0 Å². The molecule has 0 spiro atoms. The van der Waals surface area contributed by atoms with Crippen LogP contribution in [0.4, 0.5) is 0 Å². The first-order valence-corrected chi connectivity index (χ1v) is 11.1. The van der Waals surface area contributed by atoms with E-state index in [0.29, 0.717) is 10.6 Å². The number of thiazole rings is 1. The summed E-state index contributed by atoms with van der Waals surface area (Å²) in [6.07, 6.45) is 0.787. The van der Waals surface area contributed by atoms with Crippen LogP contribution < -0.4 is 4.87 Å². The summed E-state index contributed by atoms with van der Waals surface area (Å²) < 4.78 is 4.96. The number of carbonyl (C=O) groups excluding carboxylic acids is 2. The molecule has 9 heteroatoms. The number of cyclic esters (lactones) is 2. The van der Waals surface area contributed by atoms with Gasteiger partial charge in [-0.25, -0.2) is 0 Å². The molecule has 4 aliphatic rings. The van der Waals surface area contributed by atoms with E-state index in [1.165, 1.54) is 0 Å². The number of aromatic amines is 1. The summed E-state index contributed by atoms with van der Waals surface area (Å²) in [4.78, 5) is 40.4. The third-order valence-electron chi connectivity index (χ3n) is 6.78. The highest BCUT2D eigenvalue weighted by molar-refractivity contribution is 8.00. The molecule has 2 bridgehead atoms. The van der Waals surface area contributed by atoms with E-state index in [0.717, 1.165) is 27.7 Å². The van der Waals surface area contributed by atoms with Crippen molar-refractivity contribution in [2.75, 3.05) is 0 Å². The van der Waals surface area contributed by atoms with E-state index in [4.69, 9.17) is 16.3 Å². The third kappa shape index (κ3) is 2.08. The van der Waals surface area contributed by atoms with Gasteiger partial charge in [-0.15, -0.1) is 11.8 Å². The molecular formula is C19H14ClNO5S2. The number of benzene rings is 1. The highest BCUT2D eigenvalue weighted by Gasteiger charge is 2.69. The summed E-state index contributed by atoms with van der Waals surface area (Å²) in [7, 11) is 0. The van der Waals surface area contributed by atoms with Crippen molar-refractivity contribution < 1.29 is 19.4 Å². The van der Waals surface area contributed by atoms with Gasteiger partial charge >= 0.3 is 16.8 Å². The van der Waals surface area contributed by atoms with Gasteiger partial charge < -0.3 is 14.8 Å². The number of nitrogens with one attached hydrogen (secondary N) is 1. The Balaban J connectivity index is 1.55. The number of ether oxygens (including phenoxy) is 1. The molecular weight excluding hydrogens is 422 g/mol. The first kappa shape index (κ1) is 17.1. The molecule has 3 fully saturated rings. The topological polar surface area (TPSA) is 96.5 Å². The van der Waals surface area contributed by atoms with E-state index in [-0.39, 0.29) is 45.5 Å². The molecule has 2 saturated carbocycles. The van der Waals surface area contributed by atoms with Crippen molar-refractivity contribution in [3.8, 4) is 5.75 Å². The molecule has 7 atom stereocenters. The number of rotatable bonds is 1. The number of fused-ring (bicyclic) bond motifs is 9. The normalized spacial score (nSPS) is 37.5. The van der Waals surface area contributed by atoms with Gasteiger partial charge in [0.1, 0.15) is 5.75 Å². The first-order chi connectivity index (χ1) is 13.4. The average Bonchev–Trinajstić information content (AvgIpc) is 3.36. The molecule has 6 nitrogen and oxygen atoms in total. The Hall–Kier alpha value is -1.77. The fourth-order valence-corrected chi connectivity index (χ4v) is 9.00. The lowest BCUT2D eigenvalue weighted by Gasteiger charge is -2.42. The predicted octanol–water partition coefficient (Wildman–Crippen LogP) is 2.98. The van der Waals surface area contributed by atoms with Crippen LogP contribution in [0.25, 0.3) is 0 Å². The molecule has 3 heterocycles. The molecule has 2 N–H and O–H groups in total. The molecule has 1 aromatic carbocycles. The van der Waals surface area contributed by atoms with E-state index < -0.39 is 17.9 Å². The molecule has 2 aromatic rings. The van der Waals surface area contributed by atoms with Crippen LogP contribution in [0.15, 0.2) is 28.0 Å². The van der Waals surface area contributed by atoms with E-state index in [1.54, 1.807) is 30.0 Å². The van der Waals surface area contributed by atoms with Gasteiger partial charge in [-0.3, -0.25) is 14.4 Å². The molecule has 28 heavy (non-hydrogen) atoms. The monoisotopic (exact) mass is 435 g/mol. The number of halogens is 1. The van der Waals surface area contributed by atoms with Crippen molar-refractivity contribution in [2.24, 2.45) is 29.6 Å². The van der Waals surface area contributed by atoms with Gasteiger partial charge in [0, 0.05) is 26.6 Å². The molecule has 1 aromatic heterocycles. The van der Waals surface area contributed by atoms with Crippen LogP contribution >= 0.6 is 34.7 Å². The lowest BCUT2D eigenvalue weighted by atomic mass is 9.68. The zero-order valence-electron chi connectivity index (χ0n) is 14.3. The molecule has 2 aliphatic carbocycles. The van der Waals surface area contributed by atoms with Gasteiger partial charge in [-0.2, -0.15) is 0 Å². The minimum Gasteiger partial charge on any atom is -0.508 e.